The highest BCUT2D eigenvalue weighted by Crippen LogP contribution is 2.37. The van der Waals surface area contributed by atoms with E-state index in [1.165, 1.54) is 10.5 Å². The number of para-hydroxylation sites is 1. The average Bonchev–Trinajstić information content (AvgIpc) is 3.81. The summed E-state index contributed by atoms with van der Waals surface area (Å²) in [6.07, 6.45) is 7.27. The summed E-state index contributed by atoms with van der Waals surface area (Å²) in [6, 6.07) is 33.6. The second kappa shape index (κ2) is 25.7. The molecule has 5 aromatic carbocycles. The second-order valence-corrected chi connectivity index (χ2v) is 24.8. The smallest absolute Gasteiger partial charge is 0.257 e. The van der Waals surface area contributed by atoms with E-state index in [9.17, 15) is 21.6 Å². The lowest BCUT2D eigenvalue weighted by molar-refractivity contribution is -0.123. The molecule has 2 aromatic heterocycles. The molecule has 1 unspecified atom stereocenters. The Kier molecular flexibility index (Phi) is 18.9. The van der Waals surface area contributed by atoms with Crippen LogP contribution in [0.25, 0.3) is 11.0 Å². The lowest BCUT2D eigenvalue weighted by Crippen LogP contribution is -2.46. The number of halogens is 1. The number of hydrogen-bond donors (Lipinski definition) is 3. The molecule has 0 saturated carbocycles. The maximum Gasteiger partial charge on any atom is 0.257 e. The lowest BCUT2D eigenvalue weighted by atomic mass is 9.85. The fraction of sp³-hybridized carbons (Fsp3) is 0.386. The first kappa shape index (κ1) is 56.6. The van der Waals surface area contributed by atoms with Crippen LogP contribution in [0.5, 0.6) is 5.75 Å². The monoisotopic (exact) mass is 1100 g/mol. The summed E-state index contributed by atoms with van der Waals surface area (Å²) in [5.74, 6) is 0.917. The van der Waals surface area contributed by atoms with Gasteiger partial charge in [0.1, 0.15) is 21.8 Å². The van der Waals surface area contributed by atoms with Crippen LogP contribution in [0.15, 0.2) is 125 Å². The number of amides is 1. The van der Waals surface area contributed by atoms with E-state index in [4.69, 9.17) is 16.3 Å². The molecule has 1 aliphatic heterocycles. The number of aromatic nitrogens is 5. The molecule has 1 amide bonds. The minimum absolute atomic E-state index is 0.0338. The van der Waals surface area contributed by atoms with Crippen molar-refractivity contribution < 1.29 is 26.4 Å². The number of nitrogens with one attached hydrogen (secondary N) is 3. The van der Waals surface area contributed by atoms with Crippen LogP contribution in [0, 0.1) is 6.92 Å². The number of anilines is 5. The van der Waals surface area contributed by atoms with Crippen molar-refractivity contribution in [1.82, 2.24) is 39.5 Å². The van der Waals surface area contributed by atoms with Crippen molar-refractivity contribution in [2.24, 2.45) is 7.05 Å². The van der Waals surface area contributed by atoms with Crippen LogP contribution in [-0.4, -0.2) is 115 Å². The van der Waals surface area contributed by atoms with E-state index in [1.807, 2.05) is 38.2 Å². The number of sulfone groups is 1. The molecule has 0 radical (unpaired) electrons. The van der Waals surface area contributed by atoms with E-state index < -0.39 is 25.1 Å². The standard InChI is InChI=1S/C57H70ClN11O6S2/c1-7-17-48(42-23-22-41(4)44(34-42)38-66(5)77(73,74)47-18-11-10-12-19-47)43-35-51-55(67(6)65-64-51)52(36-43)75-39-54(70)59-28-15-8-9-16-29-68-30-32-69(33-31-68)46-26-24-45(25-27-46)61-57-60-37-49(58)56(63-57)62-50-20-13-14-21-53(50)76(71,72)40(2)3/h10-14,18-27,34-37,40,48H,7-9,15-17,28-33,38-39H2,1-6H3,(H,59,70)(H2,60,61,62,63). The highest BCUT2D eigenvalue weighted by atomic mass is 35.5. The van der Waals surface area contributed by atoms with E-state index in [-0.39, 0.29) is 45.6 Å². The number of fused-ring (bicyclic) bond motifs is 1. The fourth-order valence-corrected chi connectivity index (χ4v) is 12.1. The Morgan fingerprint density at radius 3 is 2.31 bits per heavy atom. The summed E-state index contributed by atoms with van der Waals surface area (Å²) in [5, 5.41) is 17.7. The number of rotatable bonds is 25. The summed E-state index contributed by atoms with van der Waals surface area (Å²) < 4.78 is 62.1. The quantitative estimate of drug-likeness (QED) is 0.0457. The highest BCUT2D eigenvalue weighted by Gasteiger charge is 2.26. The minimum atomic E-state index is -3.68. The number of nitrogens with zero attached hydrogens (tertiary/aromatic N) is 8. The van der Waals surface area contributed by atoms with Gasteiger partial charge in [0, 0.05) is 70.7 Å². The maximum absolute atomic E-state index is 13.4. The Labute approximate surface area is 458 Å². The predicted molar refractivity (Wildman–Crippen MR) is 306 cm³/mol. The Morgan fingerprint density at radius 1 is 0.844 bits per heavy atom. The summed E-state index contributed by atoms with van der Waals surface area (Å²) in [5.41, 5.74) is 7.68. The number of ether oxygens (including phenoxy) is 1. The molecule has 3 N–H and O–H groups in total. The van der Waals surface area contributed by atoms with Gasteiger partial charge in [-0.25, -0.2) is 26.5 Å². The largest absolute Gasteiger partial charge is 0.481 e. The molecular formula is C57H70ClN11O6S2. The van der Waals surface area contributed by atoms with Gasteiger partial charge in [-0.15, -0.1) is 5.10 Å². The second-order valence-electron chi connectivity index (χ2n) is 19.9. The molecule has 408 valence electrons. The minimum Gasteiger partial charge on any atom is -0.481 e. The zero-order valence-corrected chi connectivity index (χ0v) is 47.1. The van der Waals surface area contributed by atoms with Crippen LogP contribution in [0.3, 0.4) is 0 Å². The van der Waals surface area contributed by atoms with Gasteiger partial charge in [-0.1, -0.05) is 91.5 Å². The van der Waals surface area contributed by atoms with E-state index in [1.54, 1.807) is 80.2 Å². The van der Waals surface area contributed by atoms with E-state index >= 15 is 0 Å². The van der Waals surface area contributed by atoms with Gasteiger partial charge in [-0.2, -0.15) is 9.29 Å². The van der Waals surface area contributed by atoms with Gasteiger partial charge in [0.15, 0.2) is 22.3 Å². The molecule has 1 fully saturated rings. The third-order valence-electron chi connectivity index (χ3n) is 14.0. The molecule has 1 atom stereocenters. The SMILES string of the molecule is CCCC(c1ccc(C)c(CN(C)S(=O)(=O)c2ccccc2)c1)c1cc(OCC(=O)NCCCCCCN2CCN(c3ccc(Nc4ncc(Cl)c(Nc5ccccc5S(=O)(=O)C(C)C)n4)cc3)CC2)c2c(c1)nnn2C. The Balaban J connectivity index is 0.758. The number of sulfonamides is 1. The molecule has 17 nitrogen and oxygen atoms in total. The molecule has 0 aliphatic carbocycles. The third-order valence-corrected chi connectivity index (χ3v) is 18.3. The fourth-order valence-electron chi connectivity index (χ4n) is 9.54. The molecule has 7 aromatic rings. The van der Waals surface area contributed by atoms with E-state index in [2.05, 4.69) is 83.3 Å². The Hall–Kier alpha value is -6.64. The zero-order valence-electron chi connectivity index (χ0n) is 44.7. The number of benzene rings is 5. The molecule has 20 heteroatoms. The van der Waals surface area contributed by atoms with Gasteiger partial charge >= 0.3 is 0 Å². The summed E-state index contributed by atoms with van der Waals surface area (Å²) in [4.78, 5) is 27.3. The topological polar surface area (TPSA) is 197 Å². The van der Waals surface area contributed by atoms with Crippen LogP contribution in [0.4, 0.5) is 28.8 Å². The lowest BCUT2D eigenvalue weighted by Gasteiger charge is -2.36. The third kappa shape index (κ3) is 14.1. The number of unbranched alkanes of at least 4 members (excludes halogenated alkanes) is 3. The predicted octanol–water partition coefficient (Wildman–Crippen LogP) is 10.0. The van der Waals surface area contributed by atoms with Crippen molar-refractivity contribution in [3.8, 4) is 5.75 Å². The molecule has 8 rings (SSSR count). The van der Waals surface area contributed by atoms with Crippen molar-refractivity contribution in [1.29, 1.82) is 0 Å². The molecule has 0 bridgehead atoms. The molecular weight excluding hydrogens is 1030 g/mol. The van der Waals surface area contributed by atoms with Crippen molar-refractivity contribution >= 4 is 77.2 Å². The van der Waals surface area contributed by atoms with Crippen molar-refractivity contribution in [3.05, 3.63) is 143 Å². The number of piperazine rings is 1. The van der Waals surface area contributed by atoms with Crippen molar-refractivity contribution in [2.45, 2.75) is 93.7 Å². The van der Waals surface area contributed by atoms with Gasteiger partial charge < -0.3 is 25.6 Å². The van der Waals surface area contributed by atoms with Crippen LogP contribution in [-0.2, 0) is 38.2 Å². The Morgan fingerprint density at radius 2 is 1.57 bits per heavy atom. The first-order valence-electron chi connectivity index (χ1n) is 26.3. The first-order valence-corrected chi connectivity index (χ1v) is 29.7. The summed E-state index contributed by atoms with van der Waals surface area (Å²) in [6.45, 7) is 12.9. The first-order chi connectivity index (χ1) is 37.0. The van der Waals surface area contributed by atoms with Crippen molar-refractivity contribution in [3.63, 3.8) is 0 Å². The van der Waals surface area contributed by atoms with Crippen LogP contribution in [0.1, 0.15) is 87.5 Å². The van der Waals surface area contributed by atoms with Gasteiger partial charge in [0.2, 0.25) is 16.0 Å². The van der Waals surface area contributed by atoms with Gasteiger partial charge in [0.25, 0.3) is 5.91 Å². The highest BCUT2D eigenvalue weighted by molar-refractivity contribution is 7.92. The van der Waals surface area contributed by atoms with Crippen LogP contribution in [0.2, 0.25) is 5.02 Å². The van der Waals surface area contributed by atoms with E-state index in [0.717, 1.165) is 105 Å². The average molecular weight is 1100 g/mol. The van der Waals surface area contributed by atoms with Crippen LogP contribution >= 0.6 is 11.6 Å². The van der Waals surface area contributed by atoms with Crippen LogP contribution < -0.4 is 25.6 Å². The number of carbonyl (C=O) groups excluding carboxylic acids is 1. The van der Waals surface area contributed by atoms with E-state index in [0.29, 0.717) is 35.0 Å². The summed E-state index contributed by atoms with van der Waals surface area (Å²) >= 11 is 6.45. The molecule has 1 aliphatic rings. The Bertz CT molecular complexity index is 3360. The molecule has 77 heavy (non-hydrogen) atoms. The number of hydrogen-bond acceptors (Lipinski definition) is 14. The number of aryl methyl sites for hydroxylation is 2. The normalized spacial score (nSPS) is 13.8. The van der Waals surface area contributed by atoms with Gasteiger partial charge in [0.05, 0.1) is 26.9 Å². The van der Waals surface area contributed by atoms with Gasteiger partial charge in [-0.3, -0.25) is 9.69 Å². The summed E-state index contributed by atoms with van der Waals surface area (Å²) in [7, 11) is -3.81. The zero-order chi connectivity index (χ0) is 54.7. The maximum atomic E-state index is 13.4. The van der Waals surface area contributed by atoms with Crippen molar-refractivity contribution in [2.75, 3.05) is 68.5 Å². The number of carbonyl (C=O) groups is 1. The molecule has 3 heterocycles. The molecule has 0 spiro atoms. The molecule has 1 saturated heterocycles. The van der Waals surface area contributed by atoms with Gasteiger partial charge in [-0.05, 0) is 129 Å².